The van der Waals surface area contributed by atoms with Crippen molar-refractivity contribution in [1.29, 1.82) is 0 Å². The molecule has 0 bridgehead atoms. The van der Waals surface area contributed by atoms with Gasteiger partial charge in [0.25, 0.3) is 0 Å². The molecule has 0 aromatic carbocycles. The second-order valence-electron chi connectivity index (χ2n) is 3.77. The third-order valence-electron chi connectivity index (χ3n) is 2.61. The van der Waals surface area contributed by atoms with Crippen LogP contribution in [0.15, 0.2) is 36.9 Å². The smallest absolute Gasteiger partial charge is 0.115 e. The van der Waals surface area contributed by atoms with Crippen molar-refractivity contribution in [3.05, 3.63) is 53.9 Å². The van der Waals surface area contributed by atoms with Crippen LogP contribution < -0.4 is 5.32 Å². The second kappa shape index (κ2) is 6.06. The highest BCUT2D eigenvalue weighted by molar-refractivity contribution is 5.19. The van der Waals surface area contributed by atoms with Crippen LogP contribution in [0.4, 0.5) is 0 Å². The van der Waals surface area contributed by atoms with Crippen LogP contribution in [0, 0.1) is 0 Å². The van der Waals surface area contributed by atoms with E-state index in [2.05, 4.69) is 33.3 Å². The van der Waals surface area contributed by atoms with Gasteiger partial charge >= 0.3 is 0 Å². The first-order valence-corrected chi connectivity index (χ1v) is 5.78. The van der Waals surface area contributed by atoms with E-state index in [-0.39, 0.29) is 0 Å². The fourth-order valence-electron chi connectivity index (χ4n) is 1.68. The Bertz CT molecular complexity index is 456. The summed E-state index contributed by atoms with van der Waals surface area (Å²) >= 11 is 0. The van der Waals surface area contributed by atoms with Crippen molar-refractivity contribution in [2.24, 2.45) is 0 Å². The van der Waals surface area contributed by atoms with Gasteiger partial charge < -0.3 is 5.32 Å². The number of aromatic nitrogens is 3. The van der Waals surface area contributed by atoms with Crippen molar-refractivity contribution in [2.75, 3.05) is 0 Å². The summed E-state index contributed by atoms with van der Waals surface area (Å²) in [4.78, 5) is 12.4. The maximum atomic E-state index is 4.39. The summed E-state index contributed by atoms with van der Waals surface area (Å²) < 4.78 is 0. The fourth-order valence-corrected chi connectivity index (χ4v) is 1.68. The molecule has 2 aromatic heterocycles. The Hall–Kier alpha value is -1.81. The van der Waals surface area contributed by atoms with Gasteiger partial charge in [-0.3, -0.25) is 4.98 Å². The highest BCUT2D eigenvalue weighted by Crippen LogP contribution is 2.05. The van der Waals surface area contributed by atoms with E-state index >= 15 is 0 Å². The number of hydrogen-bond acceptors (Lipinski definition) is 4. The number of nitrogens with zero attached hydrogens (tertiary/aromatic N) is 3. The first-order valence-electron chi connectivity index (χ1n) is 5.78. The summed E-state index contributed by atoms with van der Waals surface area (Å²) in [6.45, 7) is 3.65. The zero-order valence-corrected chi connectivity index (χ0v) is 9.93. The average molecular weight is 228 g/mol. The monoisotopic (exact) mass is 228 g/mol. The maximum absolute atomic E-state index is 4.39. The molecular weight excluding hydrogens is 212 g/mol. The van der Waals surface area contributed by atoms with Crippen molar-refractivity contribution >= 4 is 0 Å². The predicted octanol–water partition coefficient (Wildman–Crippen LogP) is 1.72. The minimum Gasteiger partial charge on any atom is -0.305 e. The quantitative estimate of drug-likeness (QED) is 0.846. The van der Waals surface area contributed by atoms with Gasteiger partial charge in [-0.1, -0.05) is 13.0 Å². The molecule has 0 aliphatic carbocycles. The third kappa shape index (κ3) is 3.32. The number of aryl methyl sites for hydroxylation is 1. The van der Waals surface area contributed by atoms with E-state index < -0.39 is 0 Å². The summed E-state index contributed by atoms with van der Waals surface area (Å²) in [7, 11) is 0. The molecule has 4 heteroatoms. The Morgan fingerprint density at radius 3 is 2.82 bits per heavy atom. The van der Waals surface area contributed by atoms with E-state index in [1.807, 2.05) is 18.3 Å². The van der Waals surface area contributed by atoms with Gasteiger partial charge in [-0.25, -0.2) is 9.97 Å². The molecule has 0 atom stereocenters. The lowest BCUT2D eigenvalue weighted by molar-refractivity contribution is 0.660. The summed E-state index contributed by atoms with van der Waals surface area (Å²) in [5.74, 6) is 0. The zero-order chi connectivity index (χ0) is 11.9. The molecule has 4 nitrogen and oxygen atoms in total. The van der Waals surface area contributed by atoms with Crippen molar-refractivity contribution in [1.82, 2.24) is 20.3 Å². The highest BCUT2D eigenvalue weighted by Gasteiger charge is 2.00. The molecule has 0 saturated carbocycles. The van der Waals surface area contributed by atoms with Gasteiger partial charge in [-0.05, 0) is 24.1 Å². The Labute approximate surface area is 101 Å². The number of rotatable bonds is 5. The molecule has 2 rings (SSSR count). The van der Waals surface area contributed by atoms with Crippen LogP contribution in [0.3, 0.4) is 0 Å². The van der Waals surface area contributed by atoms with Gasteiger partial charge in [-0.15, -0.1) is 0 Å². The van der Waals surface area contributed by atoms with Gasteiger partial charge in [0.05, 0.1) is 11.4 Å². The molecular formula is C13H16N4. The Morgan fingerprint density at radius 1 is 1.12 bits per heavy atom. The topological polar surface area (TPSA) is 50.7 Å². The summed E-state index contributed by atoms with van der Waals surface area (Å²) in [5.41, 5.74) is 3.40. The lowest BCUT2D eigenvalue weighted by Crippen LogP contribution is -2.15. The van der Waals surface area contributed by atoms with E-state index in [4.69, 9.17) is 0 Å². The molecule has 0 amide bonds. The average Bonchev–Trinajstić information content (AvgIpc) is 2.40. The molecule has 0 radical (unpaired) electrons. The van der Waals surface area contributed by atoms with Gasteiger partial charge in [0.2, 0.25) is 0 Å². The zero-order valence-electron chi connectivity index (χ0n) is 9.93. The van der Waals surface area contributed by atoms with E-state index in [1.165, 1.54) is 5.56 Å². The van der Waals surface area contributed by atoms with Crippen LogP contribution in [-0.2, 0) is 19.5 Å². The minimum atomic E-state index is 0.738. The summed E-state index contributed by atoms with van der Waals surface area (Å²) in [6.07, 6.45) is 6.16. The molecule has 2 heterocycles. The molecule has 88 valence electrons. The lowest BCUT2D eigenvalue weighted by atomic mass is 10.1. The summed E-state index contributed by atoms with van der Waals surface area (Å²) in [6, 6.07) is 6.01. The molecule has 1 N–H and O–H groups in total. The van der Waals surface area contributed by atoms with E-state index in [0.717, 1.165) is 30.9 Å². The van der Waals surface area contributed by atoms with E-state index in [1.54, 1.807) is 12.5 Å². The largest absolute Gasteiger partial charge is 0.305 e. The van der Waals surface area contributed by atoms with Crippen LogP contribution in [-0.4, -0.2) is 15.0 Å². The van der Waals surface area contributed by atoms with E-state index in [0.29, 0.717) is 0 Å². The lowest BCUT2D eigenvalue weighted by Gasteiger charge is -2.07. The maximum Gasteiger partial charge on any atom is 0.115 e. The number of hydrogen-bond donors (Lipinski definition) is 1. The van der Waals surface area contributed by atoms with Crippen LogP contribution in [0.2, 0.25) is 0 Å². The normalized spacial score (nSPS) is 10.4. The van der Waals surface area contributed by atoms with Crippen LogP contribution in [0.5, 0.6) is 0 Å². The first-order chi connectivity index (χ1) is 8.40. The first kappa shape index (κ1) is 11.7. The van der Waals surface area contributed by atoms with Gasteiger partial charge in [-0.2, -0.15) is 0 Å². The molecule has 0 aliphatic heterocycles. The van der Waals surface area contributed by atoms with Crippen molar-refractivity contribution in [3.63, 3.8) is 0 Å². The SMILES string of the molecule is CCc1cccnc1CNCc1ccncn1. The Morgan fingerprint density at radius 2 is 2.06 bits per heavy atom. The minimum absolute atomic E-state index is 0.738. The number of nitrogens with one attached hydrogen (secondary N) is 1. The molecule has 0 aliphatic rings. The second-order valence-corrected chi connectivity index (χ2v) is 3.77. The molecule has 17 heavy (non-hydrogen) atoms. The Balaban J connectivity index is 1.90. The van der Waals surface area contributed by atoms with Gasteiger partial charge in [0.15, 0.2) is 0 Å². The van der Waals surface area contributed by atoms with Crippen LogP contribution >= 0.6 is 0 Å². The third-order valence-corrected chi connectivity index (χ3v) is 2.61. The molecule has 0 spiro atoms. The van der Waals surface area contributed by atoms with Crippen LogP contribution in [0.25, 0.3) is 0 Å². The molecule has 0 fully saturated rings. The highest BCUT2D eigenvalue weighted by atomic mass is 14.9. The molecule has 0 saturated heterocycles. The molecule has 2 aromatic rings. The van der Waals surface area contributed by atoms with Crippen molar-refractivity contribution in [2.45, 2.75) is 26.4 Å². The van der Waals surface area contributed by atoms with Gasteiger partial charge in [0.1, 0.15) is 6.33 Å². The fraction of sp³-hybridized carbons (Fsp3) is 0.308. The van der Waals surface area contributed by atoms with Crippen LogP contribution in [0.1, 0.15) is 23.9 Å². The molecule has 0 unspecified atom stereocenters. The van der Waals surface area contributed by atoms with Crippen molar-refractivity contribution in [3.8, 4) is 0 Å². The Kier molecular flexibility index (Phi) is 4.16. The van der Waals surface area contributed by atoms with Gasteiger partial charge in [0, 0.05) is 25.5 Å². The summed E-state index contributed by atoms with van der Waals surface area (Å²) in [5, 5.41) is 3.34. The number of pyridine rings is 1. The standard InChI is InChI=1S/C13H16N4/c1-2-11-4-3-6-16-13(11)9-15-8-12-5-7-14-10-17-12/h3-7,10,15H,2,8-9H2,1H3. The van der Waals surface area contributed by atoms with Crippen molar-refractivity contribution < 1.29 is 0 Å². The van der Waals surface area contributed by atoms with E-state index in [9.17, 15) is 0 Å². The predicted molar refractivity (Wildman–Crippen MR) is 66.2 cm³/mol.